The SMILES string of the molecule is CCOC(=O)/C(C(=O)c1ccccc1)=C(\C=N\OCc1ccccc1)CC. The van der Waals surface area contributed by atoms with E-state index in [2.05, 4.69) is 5.16 Å². The summed E-state index contributed by atoms with van der Waals surface area (Å²) >= 11 is 0. The molecule has 0 atom stereocenters. The Morgan fingerprint density at radius 1 is 0.963 bits per heavy atom. The highest BCUT2D eigenvalue weighted by atomic mass is 16.6. The van der Waals surface area contributed by atoms with E-state index in [1.54, 1.807) is 31.2 Å². The van der Waals surface area contributed by atoms with Crippen LogP contribution < -0.4 is 0 Å². The quantitative estimate of drug-likeness (QED) is 0.126. The molecule has 0 fully saturated rings. The summed E-state index contributed by atoms with van der Waals surface area (Å²) in [4.78, 5) is 30.6. The van der Waals surface area contributed by atoms with Crippen molar-refractivity contribution in [3.05, 3.63) is 82.9 Å². The smallest absolute Gasteiger partial charge is 0.342 e. The van der Waals surface area contributed by atoms with Crippen LogP contribution in [-0.2, 0) is 21.0 Å². The molecule has 0 N–H and O–H groups in total. The molecule has 2 rings (SSSR count). The number of hydrogen-bond acceptors (Lipinski definition) is 5. The number of ketones is 1. The summed E-state index contributed by atoms with van der Waals surface area (Å²) in [6, 6.07) is 18.2. The number of rotatable bonds is 9. The molecule has 0 heterocycles. The van der Waals surface area contributed by atoms with Crippen LogP contribution in [0.1, 0.15) is 36.2 Å². The summed E-state index contributed by atoms with van der Waals surface area (Å²) in [5.41, 5.74) is 1.85. The number of oxime groups is 1. The predicted octanol–water partition coefficient (Wildman–Crippen LogP) is 4.34. The molecule has 0 spiro atoms. The monoisotopic (exact) mass is 365 g/mol. The van der Waals surface area contributed by atoms with Gasteiger partial charge in [-0.1, -0.05) is 72.7 Å². The number of carbonyl (C=O) groups is 2. The van der Waals surface area contributed by atoms with Crippen LogP contribution in [0.5, 0.6) is 0 Å². The Labute approximate surface area is 159 Å². The number of Topliss-reactive ketones (excluding diaryl/α,β-unsaturated/α-hetero) is 1. The number of ether oxygens (including phenoxy) is 1. The highest BCUT2D eigenvalue weighted by Gasteiger charge is 2.24. The topological polar surface area (TPSA) is 65.0 Å². The predicted molar refractivity (Wildman–Crippen MR) is 104 cm³/mol. The van der Waals surface area contributed by atoms with Crippen molar-refractivity contribution in [3.63, 3.8) is 0 Å². The van der Waals surface area contributed by atoms with Gasteiger partial charge in [-0.25, -0.2) is 4.79 Å². The largest absolute Gasteiger partial charge is 0.462 e. The van der Waals surface area contributed by atoms with Gasteiger partial charge in [0.2, 0.25) is 5.78 Å². The van der Waals surface area contributed by atoms with Crippen LogP contribution in [-0.4, -0.2) is 24.6 Å². The van der Waals surface area contributed by atoms with E-state index in [1.165, 1.54) is 6.21 Å². The Morgan fingerprint density at radius 2 is 1.59 bits per heavy atom. The molecule has 0 radical (unpaired) electrons. The van der Waals surface area contributed by atoms with Gasteiger partial charge in [0.15, 0.2) is 0 Å². The van der Waals surface area contributed by atoms with Crippen molar-refractivity contribution in [2.75, 3.05) is 6.61 Å². The molecule has 0 aliphatic rings. The van der Waals surface area contributed by atoms with Crippen molar-refractivity contribution in [2.24, 2.45) is 5.16 Å². The van der Waals surface area contributed by atoms with Crippen LogP contribution in [0.2, 0.25) is 0 Å². The van der Waals surface area contributed by atoms with E-state index in [0.717, 1.165) is 5.56 Å². The van der Waals surface area contributed by atoms with Gasteiger partial charge in [-0.2, -0.15) is 0 Å². The first-order valence-corrected chi connectivity index (χ1v) is 8.86. The van der Waals surface area contributed by atoms with Crippen molar-refractivity contribution in [1.82, 2.24) is 0 Å². The lowest BCUT2D eigenvalue weighted by Crippen LogP contribution is -2.19. The fraction of sp³-hybridized carbons (Fsp3) is 0.227. The summed E-state index contributed by atoms with van der Waals surface area (Å²) in [5.74, 6) is -1.04. The molecule has 0 unspecified atom stereocenters. The zero-order chi connectivity index (χ0) is 19.5. The molecular weight excluding hydrogens is 342 g/mol. The minimum Gasteiger partial charge on any atom is -0.462 e. The van der Waals surface area contributed by atoms with E-state index in [-0.39, 0.29) is 18.0 Å². The molecule has 0 saturated carbocycles. The third-order valence-corrected chi connectivity index (χ3v) is 3.80. The lowest BCUT2D eigenvalue weighted by atomic mass is 9.97. The second kappa shape index (κ2) is 10.7. The van der Waals surface area contributed by atoms with E-state index in [1.807, 2.05) is 43.3 Å². The maximum atomic E-state index is 12.9. The Balaban J connectivity index is 2.24. The van der Waals surface area contributed by atoms with E-state index >= 15 is 0 Å². The molecule has 0 aliphatic carbocycles. The lowest BCUT2D eigenvalue weighted by Gasteiger charge is -2.10. The first kappa shape index (κ1) is 20.1. The third kappa shape index (κ3) is 5.92. The molecule has 2 aromatic carbocycles. The highest BCUT2D eigenvalue weighted by molar-refractivity contribution is 6.26. The van der Waals surface area contributed by atoms with Gasteiger partial charge in [-0.05, 0) is 24.5 Å². The van der Waals surface area contributed by atoms with Crippen LogP contribution in [0.4, 0.5) is 0 Å². The average Bonchev–Trinajstić information content (AvgIpc) is 2.71. The van der Waals surface area contributed by atoms with Crippen LogP contribution in [0.3, 0.4) is 0 Å². The molecular formula is C22H23NO4. The fourth-order valence-corrected chi connectivity index (χ4v) is 2.43. The zero-order valence-corrected chi connectivity index (χ0v) is 15.6. The number of allylic oxidation sites excluding steroid dienone is 1. The molecule has 5 nitrogen and oxygen atoms in total. The molecule has 140 valence electrons. The fourth-order valence-electron chi connectivity index (χ4n) is 2.43. The van der Waals surface area contributed by atoms with Crippen molar-refractivity contribution in [2.45, 2.75) is 26.9 Å². The van der Waals surface area contributed by atoms with Crippen LogP contribution in [0.15, 0.2) is 77.0 Å². The maximum Gasteiger partial charge on any atom is 0.342 e. The van der Waals surface area contributed by atoms with E-state index in [9.17, 15) is 9.59 Å². The lowest BCUT2D eigenvalue weighted by molar-refractivity contribution is -0.138. The van der Waals surface area contributed by atoms with Crippen molar-refractivity contribution in [1.29, 1.82) is 0 Å². The number of esters is 1. The molecule has 0 amide bonds. The first-order chi connectivity index (χ1) is 13.2. The maximum absolute atomic E-state index is 12.9. The Bertz CT molecular complexity index is 811. The average molecular weight is 365 g/mol. The molecule has 0 saturated heterocycles. The summed E-state index contributed by atoms with van der Waals surface area (Å²) in [6.45, 7) is 4.03. The van der Waals surface area contributed by atoms with Gasteiger partial charge in [0.1, 0.15) is 12.2 Å². The van der Waals surface area contributed by atoms with Crippen molar-refractivity contribution >= 4 is 18.0 Å². The number of nitrogens with zero attached hydrogens (tertiary/aromatic N) is 1. The van der Waals surface area contributed by atoms with E-state index < -0.39 is 5.97 Å². The van der Waals surface area contributed by atoms with Crippen LogP contribution >= 0.6 is 0 Å². The molecule has 5 heteroatoms. The van der Waals surface area contributed by atoms with Crippen molar-refractivity contribution in [3.8, 4) is 0 Å². The third-order valence-electron chi connectivity index (χ3n) is 3.80. The van der Waals surface area contributed by atoms with Gasteiger partial charge in [0.05, 0.1) is 12.8 Å². The van der Waals surface area contributed by atoms with Gasteiger partial charge in [0.25, 0.3) is 0 Å². The Kier molecular flexibility index (Phi) is 7.97. The Morgan fingerprint density at radius 3 is 2.19 bits per heavy atom. The van der Waals surface area contributed by atoms with E-state index in [4.69, 9.17) is 9.57 Å². The van der Waals surface area contributed by atoms with E-state index in [0.29, 0.717) is 24.2 Å². The molecule has 0 aliphatic heterocycles. The minimum atomic E-state index is -0.655. The zero-order valence-electron chi connectivity index (χ0n) is 15.6. The number of benzene rings is 2. The first-order valence-electron chi connectivity index (χ1n) is 8.86. The number of hydrogen-bond donors (Lipinski definition) is 0. The van der Waals surface area contributed by atoms with Gasteiger partial charge in [-0.3, -0.25) is 4.79 Å². The highest BCUT2D eigenvalue weighted by Crippen LogP contribution is 2.16. The van der Waals surface area contributed by atoms with Gasteiger partial charge < -0.3 is 9.57 Å². The minimum absolute atomic E-state index is 0.0161. The number of carbonyl (C=O) groups excluding carboxylic acids is 2. The molecule has 2 aromatic rings. The normalized spacial score (nSPS) is 11.8. The summed E-state index contributed by atoms with van der Waals surface area (Å²) < 4.78 is 5.08. The van der Waals surface area contributed by atoms with Gasteiger partial charge >= 0.3 is 5.97 Å². The second-order valence-corrected chi connectivity index (χ2v) is 5.66. The van der Waals surface area contributed by atoms with Gasteiger partial charge in [0, 0.05) is 5.56 Å². The second-order valence-electron chi connectivity index (χ2n) is 5.66. The molecule has 0 aromatic heterocycles. The standard InChI is InChI=1S/C22H23NO4/c1-3-18(15-23-27-16-17-11-7-5-8-12-17)20(22(25)26-4-2)21(24)19-13-9-6-10-14-19/h5-15H,3-4,16H2,1-2H3/b20-18-,23-15+. The summed E-state index contributed by atoms with van der Waals surface area (Å²) in [7, 11) is 0. The molecule has 27 heavy (non-hydrogen) atoms. The summed E-state index contributed by atoms with van der Waals surface area (Å²) in [5, 5.41) is 3.93. The van der Waals surface area contributed by atoms with Crippen molar-refractivity contribution < 1.29 is 19.2 Å². The summed E-state index contributed by atoms with van der Waals surface area (Å²) in [6.07, 6.45) is 1.85. The van der Waals surface area contributed by atoms with Gasteiger partial charge in [-0.15, -0.1) is 0 Å². The Hall–Kier alpha value is -3.21. The van der Waals surface area contributed by atoms with Crippen LogP contribution in [0, 0.1) is 0 Å². The molecule has 0 bridgehead atoms. The van der Waals surface area contributed by atoms with Crippen LogP contribution in [0.25, 0.3) is 0 Å².